The molecule has 8 heteroatoms. The Bertz CT molecular complexity index is 1130. The van der Waals surface area contributed by atoms with E-state index in [1.54, 1.807) is 6.20 Å². The molecule has 1 amide bonds. The van der Waals surface area contributed by atoms with Crippen LogP contribution in [0.3, 0.4) is 0 Å². The van der Waals surface area contributed by atoms with Gasteiger partial charge in [0, 0.05) is 29.3 Å². The molecule has 33 heavy (non-hydrogen) atoms. The van der Waals surface area contributed by atoms with Gasteiger partial charge < -0.3 is 10.4 Å². The lowest BCUT2D eigenvalue weighted by molar-refractivity contribution is -0.129. The van der Waals surface area contributed by atoms with E-state index in [0.717, 1.165) is 44.1 Å². The van der Waals surface area contributed by atoms with Gasteiger partial charge in [0.05, 0.1) is 7.14 Å². The molecule has 0 radical (unpaired) electrons. The van der Waals surface area contributed by atoms with Gasteiger partial charge in [-0.25, -0.2) is 4.98 Å². The zero-order chi connectivity index (χ0) is 23.5. The van der Waals surface area contributed by atoms with Gasteiger partial charge in [-0.2, -0.15) is 0 Å². The number of phenols is 1. The summed E-state index contributed by atoms with van der Waals surface area (Å²) in [6.07, 6.45) is 7.52. The van der Waals surface area contributed by atoms with Gasteiger partial charge in [0.1, 0.15) is 11.5 Å². The average molecular weight is 690 g/mol. The zero-order valence-corrected chi connectivity index (χ0v) is 23.9. The van der Waals surface area contributed by atoms with Crippen LogP contribution in [0.1, 0.15) is 67.4 Å². The number of rotatable bonds is 4. The van der Waals surface area contributed by atoms with Crippen molar-refractivity contribution in [3.05, 3.63) is 35.4 Å². The molecular formula is C25H28I2N2O3S. The van der Waals surface area contributed by atoms with Crippen molar-refractivity contribution in [2.45, 2.75) is 64.7 Å². The molecule has 0 bridgehead atoms. The summed E-state index contributed by atoms with van der Waals surface area (Å²) in [6.45, 7) is 4.16. The van der Waals surface area contributed by atoms with Crippen LogP contribution in [0, 0.1) is 37.2 Å². The van der Waals surface area contributed by atoms with Crippen molar-refractivity contribution in [3.8, 4) is 5.75 Å². The van der Waals surface area contributed by atoms with E-state index in [-0.39, 0.29) is 17.2 Å². The second-order valence-electron chi connectivity index (χ2n) is 10.1. The first-order valence-corrected chi connectivity index (χ1v) is 14.6. The van der Waals surface area contributed by atoms with Crippen LogP contribution in [0.15, 0.2) is 12.3 Å². The highest BCUT2D eigenvalue weighted by Gasteiger charge is 2.58. The number of aromatic nitrogens is 1. The molecule has 0 aliphatic heterocycles. The molecule has 0 saturated heterocycles. The first kappa shape index (κ1) is 24.0. The number of thiazole rings is 1. The van der Waals surface area contributed by atoms with E-state index in [1.807, 2.05) is 6.92 Å². The molecule has 2 fully saturated rings. The van der Waals surface area contributed by atoms with Crippen molar-refractivity contribution >= 4 is 73.3 Å². The summed E-state index contributed by atoms with van der Waals surface area (Å²) in [5, 5.41) is 14.0. The van der Waals surface area contributed by atoms with E-state index in [1.165, 1.54) is 22.5 Å². The first-order valence-electron chi connectivity index (χ1n) is 11.6. The maximum atomic E-state index is 13.2. The number of hydrogen-bond acceptors (Lipinski definition) is 5. The van der Waals surface area contributed by atoms with Gasteiger partial charge in [0.2, 0.25) is 5.91 Å². The second kappa shape index (κ2) is 9.04. The minimum absolute atomic E-state index is 0.00802. The van der Waals surface area contributed by atoms with Crippen molar-refractivity contribution in [2.24, 2.45) is 23.2 Å². The molecule has 1 aromatic heterocycles. The third kappa shape index (κ3) is 4.15. The lowest BCUT2D eigenvalue weighted by Gasteiger charge is -2.50. The van der Waals surface area contributed by atoms with Crippen LogP contribution in [0.4, 0.5) is 5.13 Å². The number of phenolic OH excluding ortho intramolecular Hbond substituents is 1. The minimum Gasteiger partial charge on any atom is -0.506 e. The largest absolute Gasteiger partial charge is 0.506 e. The highest BCUT2D eigenvalue weighted by atomic mass is 127. The summed E-state index contributed by atoms with van der Waals surface area (Å²) < 4.78 is 1.91. The van der Waals surface area contributed by atoms with Crippen LogP contribution in [-0.4, -0.2) is 21.8 Å². The van der Waals surface area contributed by atoms with Crippen molar-refractivity contribution in [2.75, 3.05) is 5.32 Å². The number of carbonyl (C=O) groups is 2. The maximum absolute atomic E-state index is 13.2. The quantitative estimate of drug-likeness (QED) is 0.363. The predicted molar refractivity (Wildman–Crippen MR) is 147 cm³/mol. The lowest BCUT2D eigenvalue weighted by Crippen LogP contribution is -2.44. The molecule has 2 aromatic rings. The number of aromatic hydroxyl groups is 1. The number of nitrogens with zero attached hydrogens (tertiary/aromatic N) is 1. The Labute approximate surface area is 225 Å². The molecule has 3 aliphatic carbocycles. The molecule has 1 heterocycles. The van der Waals surface area contributed by atoms with Gasteiger partial charge in [-0.1, -0.05) is 6.92 Å². The molecule has 5 atom stereocenters. The number of aryl methyl sites for hydroxylation is 1. The molecule has 2 saturated carbocycles. The third-order valence-electron chi connectivity index (χ3n) is 8.35. The summed E-state index contributed by atoms with van der Waals surface area (Å²) in [4.78, 5) is 31.1. The van der Waals surface area contributed by atoms with Gasteiger partial charge in [-0.05, 0) is 125 Å². The van der Waals surface area contributed by atoms with E-state index >= 15 is 0 Å². The SMILES string of the molecule is Cc1cnc(NC(=O)CC[C@@H]2CC(=O)C3(C)CCC4c5cc(I)c(O)c(I)c5CCC4C23)s1. The highest BCUT2D eigenvalue weighted by Crippen LogP contribution is 2.62. The molecule has 2 N–H and O–H groups in total. The topological polar surface area (TPSA) is 79.3 Å². The number of Topliss-reactive ketones (excluding diaryl/α,β-unsaturated/α-hetero) is 1. The number of anilines is 1. The third-order valence-corrected chi connectivity index (χ3v) is 11.2. The van der Waals surface area contributed by atoms with Gasteiger partial charge >= 0.3 is 0 Å². The van der Waals surface area contributed by atoms with Crippen molar-refractivity contribution < 1.29 is 14.7 Å². The molecule has 4 unspecified atom stereocenters. The number of amides is 1. The standard InChI is InChI=1S/C25H28I2N2O3S/c1-12-11-28-24(33-12)29-20(31)6-3-13-9-19(30)25(2)8-7-14-15(21(13)25)4-5-16-17(14)10-18(26)23(32)22(16)27/h10-11,13-15,21,32H,3-9H2,1-2H3,(H,28,29,31)/t13-,14?,15?,21?,25?/m1/s1. The predicted octanol–water partition coefficient (Wildman–Crippen LogP) is 6.44. The summed E-state index contributed by atoms with van der Waals surface area (Å²) in [5.74, 6) is 2.29. The molecule has 176 valence electrons. The van der Waals surface area contributed by atoms with Crippen molar-refractivity contribution in [3.63, 3.8) is 0 Å². The fraction of sp³-hybridized carbons (Fsp3) is 0.560. The van der Waals surface area contributed by atoms with Gasteiger partial charge in [0.25, 0.3) is 0 Å². The van der Waals surface area contributed by atoms with E-state index < -0.39 is 0 Å². The van der Waals surface area contributed by atoms with E-state index in [4.69, 9.17) is 0 Å². The summed E-state index contributed by atoms with van der Waals surface area (Å²) >= 11 is 6.01. The summed E-state index contributed by atoms with van der Waals surface area (Å²) in [6, 6.07) is 2.18. The Morgan fingerprint density at radius 3 is 2.88 bits per heavy atom. The normalized spacial score (nSPS) is 30.5. The number of carbonyl (C=O) groups excluding carboxylic acids is 2. The number of ketones is 1. The Hall–Kier alpha value is -0.750. The fourth-order valence-corrected chi connectivity index (χ4v) is 9.55. The lowest BCUT2D eigenvalue weighted by atomic mass is 9.54. The fourth-order valence-electron chi connectivity index (χ4n) is 6.87. The van der Waals surface area contributed by atoms with Crippen molar-refractivity contribution in [1.29, 1.82) is 0 Å². The van der Waals surface area contributed by atoms with Crippen LogP contribution in [0.2, 0.25) is 0 Å². The molecule has 1 aromatic carbocycles. The summed E-state index contributed by atoms with van der Waals surface area (Å²) in [7, 11) is 0. The average Bonchev–Trinajstić information content (AvgIpc) is 3.30. The molecule has 0 spiro atoms. The van der Waals surface area contributed by atoms with Crippen LogP contribution in [0.5, 0.6) is 5.75 Å². The second-order valence-corrected chi connectivity index (χ2v) is 13.6. The van der Waals surface area contributed by atoms with Crippen molar-refractivity contribution in [1.82, 2.24) is 4.98 Å². The number of nitrogens with one attached hydrogen (secondary N) is 1. The van der Waals surface area contributed by atoms with Gasteiger partial charge in [0.15, 0.2) is 5.13 Å². The van der Waals surface area contributed by atoms with Crippen LogP contribution < -0.4 is 5.32 Å². The zero-order valence-electron chi connectivity index (χ0n) is 18.8. The van der Waals surface area contributed by atoms with E-state index in [0.29, 0.717) is 47.3 Å². The Morgan fingerprint density at radius 2 is 2.15 bits per heavy atom. The van der Waals surface area contributed by atoms with Gasteiger partial charge in [-0.15, -0.1) is 11.3 Å². The number of hydrogen-bond donors (Lipinski definition) is 2. The number of halogens is 2. The molecule has 5 rings (SSSR count). The molecule has 5 nitrogen and oxygen atoms in total. The Balaban J connectivity index is 1.37. The monoisotopic (exact) mass is 690 g/mol. The minimum atomic E-state index is -0.260. The van der Waals surface area contributed by atoms with Gasteiger partial charge in [-0.3, -0.25) is 9.59 Å². The Morgan fingerprint density at radius 1 is 1.36 bits per heavy atom. The maximum Gasteiger partial charge on any atom is 0.226 e. The van der Waals surface area contributed by atoms with Crippen LogP contribution >= 0.6 is 56.5 Å². The van der Waals surface area contributed by atoms with E-state index in [9.17, 15) is 14.7 Å². The molecular weight excluding hydrogens is 662 g/mol. The molecule has 3 aliphatic rings. The Kier molecular flexibility index (Phi) is 6.56. The van der Waals surface area contributed by atoms with E-state index in [2.05, 4.69) is 68.5 Å². The summed E-state index contributed by atoms with van der Waals surface area (Å²) in [5.41, 5.74) is 2.43. The smallest absolute Gasteiger partial charge is 0.226 e. The number of benzene rings is 1. The number of fused-ring (bicyclic) bond motifs is 5. The first-order chi connectivity index (χ1) is 15.7. The van der Waals surface area contributed by atoms with Crippen LogP contribution in [0.25, 0.3) is 0 Å². The highest BCUT2D eigenvalue weighted by molar-refractivity contribution is 14.1. The van der Waals surface area contributed by atoms with Crippen LogP contribution in [-0.2, 0) is 16.0 Å².